The molecule has 0 bridgehead atoms. The average Bonchev–Trinajstić information content (AvgIpc) is 2.90. The van der Waals surface area contributed by atoms with Crippen molar-refractivity contribution in [2.45, 2.75) is 52.6 Å². The van der Waals surface area contributed by atoms with Crippen molar-refractivity contribution in [2.75, 3.05) is 20.3 Å². The first kappa shape index (κ1) is 23.0. The van der Waals surface area contributed by atoms with Gasteiger partial charge in [-0.1, -0.05) is 0 Å². The number of rotatable bonds is 10. The molecule has 0 radical (unpaired) electrons. The number of esters is 1. The summed E-state index contributed by atoms with van der Waals surface area (Å²) in [5, 5.41) is 3.00. The molecule has 0 spiro atoms. The van der Waals surface area contributed by atoms with Crippen molar-refractivity contribution in [3.05, 3.63) is 30.3 Å². The second-order valence-corrected chi connectivity index (χ2v) is 10.1. The van der Waals surface area contributed by atoms with E-state index in [0.717, 1.165) is 6.42 Å². The topological polar surface area (TPSA) is 101 Å². The molecular weight excluding hydrogens is 383 g/mol. The normalized spacial score (nSPS) is 22.2. The Morgan fingerprint density at radius 3 is 2.57 bits per heavy atom. The van der Waals surface area contributed by atoms with E-state index < -0.39 is 14.1 Å². The van der Waals surface area contributed by atoms with Gasteiger partial charge in [0.15, 0.2) is 0 Å². The molecule has 1 heterocycles. The van der Waals surface area contributed by atoms with Gasteiger partial charge in [0, 0.05) is 0 Å². The van der Waals surface area contributed by atoms with Crippen LogP contribution in [0.1, 0.15) is 34.1 Å². The maximum atomic E-state index is 12.0. The van der Waals surface area contributed by atoms with Crippen LogP contribution >= 0.6 is 8.09 Å². The van der Waals surface area contributed by atoms with Gasteiger partial charge in [0.1, 0.15) is 0 Å². The minimum absolute atomic E-state index is 0.0956. The molecule has 160 valence electrons. The van der Waals surface area contributed by atoms with Crippen LogP contribution in [0.5, 0.6) is 5.75 Å². The molecule has 28 heavy (non-hydrogen) atoms. The second-order valence-electron chi connectivity index (χ2n) is 7.75. The first-order valence-electron chi connectivity index (χ1n) is 9.44. The summed E-state index contributed by atoms with van der Waals surface area (Å²) in [6, 6.07) is 9.16. The number of nitrogens with two attached hydrogens (primary N) is 1. The van der Waals surface area contributed by atoms with Crippen molar-refractivity contribution in [3.8, 4) is 5.75 Å². The van der Waals surface area contributed by atoms with E-state index in [1.165, 1.54) is 7.11 Å². The summed E-state index contributed by atoms with van der Waals surface area (Å²) in [5.41, 5.74) is 5.90. The average molecular weight is 416 g/mol. The Bertz CT molecular complexity index is 630. The predicted octanol–water partition coefficient (Wildman–Crippen LogP) is 2.78. The van der Waals surface area contributed by atoms with Crippen molar-refractivity contribution in [1.82, 2.24) is 5.09 Å². The van der Waals surface area contributed by atoms with Gasteiger partial charge in [-0.25, -0.2) is 0 Å². The monoisotopic (exact) mass is 416 g/mol. The second kappa shape index (κ2) is 9.96. The molecule has 1 aromatic carbocycles. The van der Waals surface area contributed by atoms with Crippen LogP contribution in [0.4, 0.5) is 0 Å². The van der Waals surface area contributed by atoms with Crippen molar-refractivity contribution in [3.63, 3.8) is 0 Å². The Kier molecular flexibility index (Phi) is 8.18. The molecule has 1 fully saturated rings. The molecule has 2 unspecified atom stereocenters. The first-order chi connectivity index (χ1) is 13.2. The molecule has 3 N–H and O–H groups in total. The van der Waals surface area contributed by atoms with Crippen LogP contribution in [0.3, 0.4) is 0 Å². The zero-order valence-corrected chi connectivity index (χ0v) is 18.3. The van der Waals surface area contributed by atoms with E-state index in [1.807, 2.05) is 18.2 Å². The SMILES string of the molecule is CO[PH](NCC(=O)OC(C)C)(OCC1CC(C)(C)C(N)O1)Oc1ccccc1. The summed E-state index contributed by atoms with van der Waals surface area (Å²) in [7, 11) is -1.94. The molecule has 8 nitrogen and oxygen atoms in total. The molecule has 1 aliphatic heterocycles. The van der Waals surface area contributed by atoms with Crippen LogP contribution in [-0.2, 0) is 23.3 Å². The van der Waals surface area contributed by atoms with Gasteiger partial charge in [-0.05, 0) is 0 Å². The molecule has 1 saturated heterocycles. The summed E-state index contributed by atoms with van der Waals surface area (Å²) >= 11 is 0. The van der Waals surface area contributed by atoms with Crippen LogP contribution in [0.15, 0.2) is 30.3 Å². The van der Waals surface area contributed by atoms with Crippen LogP contribution in [0.25, 0.3) is 0 Å². The summed E-state index contributed by atoms with van der Waals surface area (Å²) in [5.74, 6) is 0.162. The molecule has 0 amide bonds. The summed E-state index contributed by atoms with van der Waals surface area (Å²) < 4.78 is 28.7. The summed E-state index contributed by atoms with van der Waals surface area (Å²) in [4.78, 5) is 12.0. The zero-order chi connectivity index (χ0) is 20.8. The molecule has 0 saturated carbocycles. The summed E-state index contributed by atoms with van der Waals surface area (Å²) in [6.07, 6.45) is 0.00216. The third kappa shape index (κ3) is 6.65. The van der Waals surface area contributed by atoms with E-state index in [4.69, 9.17) is 28.8 Å². The van der Waals surface area contributed by atoms with E-state index in [0.29, 0.717) is 5.75 Å². The molecule has 9 heteroatoms. The predicted molar refractivity (Wildman–Crippen MR) is 109 cm³/mol. The van der Waals surface area contributed by atoms with Crippen molar-refractivity contribution < 1.29 is 27.8 Å². The van der Waals surface area contributed by atoms with Crippen molar-refractivity contribution >= 4 is 14.1 Å². The fourth-order valence-corrected chi connectivity index (χ4v) is 4.65. The Morgan fingerprint density at radius 2 is 2.04 bits per heavy atom. The standard InChI is InChI=1S/C19H33N2O6P/c1-14(2)25-17(22)12-21-28(23-5,27-15-9-7-6-8-10-15)24-13-16-11-19(3,4)18(20)26-16/h6-10,14,16,18,21,28H,11-13,20H2,1-5H3. The Morgan fingerprint density at radius 1 is 1.36 bits per heavy atom. The fourth-order valence-electron chi connectivity index (χ4n) is 2.86. The molecule has 0 aliphatic carbocycles. The zero-order valence-electron chi connectivity index (χ0n) is 17.3. The van der Waals surface area contributed by atoms with Gasteiger partial charge < -0.3 is 0 Å². The molecule has 2 rings (SSSR count). The first-order valence-corrected chi connectivity index (χ1v) is 11.2. The van der Waals surface area contributed by atoms with E-state index >= 15 is 0 Å². The maximum absolute atomic E-state index is 12.0. The summed E-state index contributed by atoms with van der Waals surface area (Å²) in [6.45, 7) is 7.83. The van der Waals surface area contributed by atoms with E-state index in [2.05, 4.69) is 18.9 Å². The van der Waals surface area contributed by atoms with Crippen LogP contribution in [0, 0.1) is 5.41 Å². The Labute approximate surface area is 167 Å². The molecule has 0 aromatic heterocycles. The molecule has 1 aromatic rings. The van der Waals surface area contributed by atoms with Crippen LogP contribution < -0.4 is 15.3 Å². The van der Waals surface area contributed by atoms with E-state index in [9.17, 15) is 4.79 Å². The van der Waals surface area contributed by atoms with Gasteiger partial charge in [-0.3, -0.25) is 0 Å². The number of para-hydroxylation sites is 1. The van der Waals surface area contributed by atoms with Gasteiger partial charge in [0.25, 0.3) is 0 Å². The molecule has 1 aliphatic rings. The van der Waals surface area contributed by atoms with Crippen molar-refractivity contribution in [1.29, 1.82) is 0 Å². The minimum atomic E-state index is -3.43. The Hall–Kier alpha value is -1.28. The van der Waals surface area contributed by atoms with Gasteiger partial charge in [-0.15, -0.1) is 0 Å². The van der Waals surface area contributed by atoms with Gasteiger partial charge in [-0.2, -0.15) is 0 Å². The van der Waals surface area contributed by atoms with Gasteiger partial charge in [0.05, 0.1) is 0 Å². The van der Waals surface area contributed by atoms with Gasteiger partial charge >= 0.3 is 167 Å². The quantitative estimate of drug-likeness (QED) is 0.444. The Balaban J connectivity index is 2.06. The number of nitrogens with one attached hydrogen (secondary N) is 1. The van der Waals surface area contributed by atoms with Crippen LogP contribution in [0.2, 0.25) is 0 Å². The third-order valence-corrected chi connectivity index (χ3v) is 6.60. The van der Waals surface area contributed by atoms with Gasteiger partial charge in [0.2, 0.25) is 0 Å². The van der Waals surface area contributed by atoms with E-state index in [1.54, 1.807) is 26.0 Å². The third-order valence-electron chi connectivity index (χ3n) is 4.40. The van der Waals surface area contributed by atoms with E-state index in [-0.39, 0.29) is 37.0 Å². The number of carbonyl (C=O) groups is 1. The molecular formula is C19H33N2O6P. The van der Waals surface area contributed by atoms with Crippen LogP contribution in [-0.4, -0.2) is 44.7 Å². The number of carbonyl (C=O) groups excluding carboxylic acids is 1. The number of hydrogen-bond acceptors (Lipinski definition) is 8. The number of hydrogen-bond donors (Lipinski definition) is 2. The fraction of sp³-hybridized carbons (Fsp3) is 0.632. The molecule has 2 atom stereocenters. The number of benzene rings is 1. The number of ether oxygens (including phenoxy) is 2. The van der Waals surface area contributed by atoms with Crippen molar-refractivity contribution in [2.24, 2.45) is 11.1 Å².